The maximum absolute atomic E-state index is 5.98. The number of aromatic nitrogens is 2. The fourth-order valence-corrected chi connectivity index (χ4v) is 2.33. The second-order valence-corrected chi connectivity index (χ2v) is 4.63. The molecule has 0 saturated heterocycles. The van der Waals surface area contributed by atoms with Gasteiger partial charge >= 0.3 is 0 Å². The molecule has 0 amide bonds. The first kappa shape index (κ1) is 10.4. The van der Waals surface area contributed by atoms with Crippen molar-refractivity contribution in [3.63, 3.8) is 0 Å². The number of rotatable bonds is 1. The number of nitrogens with two attached hydrogens (primary N) is 1. The second kappa shape index (κ2) is 3.89. The molecule has 84 valence electrons. The van der Waals surface area contributed by atoms with Crippen LogP contribution in [0.4, 0.5) is 5.69 Å². The molecule has 0 bridgehead atoms. The standard InChI is InChI=1S/C13H10BrN3/c14-10-5-3-7-17-12(10)8-16-13(17)9-4-1-2-6-11(9)15/h1-8H,15H2. The number of anilines is 1. The summed E-state index contributed by atoms with van der Waals surface area (Å²) < 4.78 is 3.05. The molecule has 0 aliphatic heterocycles. The summed E-state index contributed by atoms with van der Waals surface area (Å²) in [6, 6.07) is 11.7. The van der Waals surface area contributed by atoms with Crippen molar-refractivity contribution in [3.05, 3.63) is 53.3 Å². The van der Waals surface area contributed by atoms with Gasteiger partial charge in [0, 0.05) is 21.9 Å². The summed E-state index contributed by atoms with van der Waals surface area (Å²) in [5.74, 6) is 0.861. The Balaban J connectivity index is 2.33. The Morgan fingerprint density at radius 2 is 1.94 bits per heavy atom. The van der Waals surface area contributed by atoms with Gasteiger partial charge in [-0.3, -0.25) is 4.40 Å². The minimum atomic E-state index is 0.736. The molecule has 0 spiro atoms. The van der Waals surface area contributed by atoms with Crippen molar-refractivity contribution in [1.29, 1.82) is 0 Å². The highest BCUT2D eigenvalue weighted by Gasteiger charge is 2.09. The number of pyridine rings is 1. The lowest BCUT2D eigenvalue weighted by Crippen LogP contribution is -1.94. The van der Waals surface area contributed by atoms with Crippen molar-refractivity contribution in [3.8, 4) is 11.4 Å². The molecule has 0 saturated carbocycles. The Hall–Kier alpha value is -1.81. The van der Waals surface area contributed by atoms with E-state index in [9.17, 15) is 0 Å². The van der Waals surface area contributed by atoms with Gasteiger partial charge in [-0.2, -0.15) is 0 Å². The van der Waals surface area contributed by atoms with Crippen LogP contribution >= 0.6 is 15.9 Å². The maximum atomic E-state index is 5.98. The molecule has 3 nitrogen and oxygen atoms in total. The summed E-state index contributed by atoms with van der Waals surface area (Å²) in [7, 11) is 0. The number of hydrogen-bond acceptors (Lipinski definition) is 2. The third-order valence-electron chi connectivity index (χ3n) is 2.72. The maximum Gasteiger partial charge on any atom is 0.146 e. The Morgan fingerprint density at radius 1 is 1.12 bits per heavy atom. The van der Waals surface area contributed by atoms with Crippen LogP contribution in [-0.4, -0.2) is 9.38 Å². The third kappa shape index (κ3) is 1.61. The van der Waals surface area contributed by atoms with Gasteiger partial charge < -0.3 is 5.73 Å². The molecule has 17 heavy (non-hydrogen) atoms. The molecule has 2 N–H and O–H groups in total. The monoisotopic (exact) mass is 287 g/mol. The lowest BCUT2D eigenvalue weighted by Gasteiger charge is -2.04. The summed E-state index contributed by atoms with van der Waals surface area (Å²) in [5, 5.41) is 0. The number of hydrogen-bond donors (Lipinski definition) is 1. The predicted octanol–water partition coefficient (Wildman–Crippen LogP) is 3.35. The Labute approximate surface area is 107 Å². The Morgan fingerprint density at radius 3 is 2.76 bits per heavy atom. The van der Waals surface area contributed by atoms with Crippen LogP contribution in [0.1, 0.15) is 0 Å². The van der Waals surface area contributed by atoms with Crippen LogP contribution in [0.25, 0.3) is 16.9 Å². The summed E-state index contributed by atoms with van der Waals surface area (Å²) in [5.41, 5.74) is 8.69. The van der Waals surface area contributed by atoms with Crippen molar-refractivity contribution in [2.75, 3.05) is 5.73 Å². The highest BCUT2D eigenvalue weighted by Crippen LogP contribution is 2.27. The van der Waals surface area contributed by atoms with Crippen LogP contribution in [-0.2, 0) is 0 Å². The zero-order valence-corrected chi connectivity index (χ0v) is 10.6. The van der Waals surface area contributed by atoms with Crippen molar-refractivity contribution in [1.82, 2.24) is 9.38 Å². The number of fused-ring (bicyclic) bond motifs is 1. The Bertz CT molecular complexity index is 688. The highest BCUT2D eigenvalue weighted by atomic mass is 79.9. The predicted molar refractivity (Wildman–Crippen MR) is 72.7 cm³/mol. The summed E-state index contributed by atoms with van der Waals surface area (Å²) >= 11 is 3.51. The van der Waals surface area contributed by atoms with Gasteiger partial charge in [0.15, 0.2) is 0 Å². The summed E-state index contributed by atoms with van der Waals surface area (Å²) in [6.07, 6.45) is 3.82. The number of benzene rings is 1. The van der Waals surface area contributed by atoms with Crippen LogP contribution in [0.3, 0.4) is 0 Å². The first-order chi connectivity index (χ1) is 8.27. The average molecular weight is 288 g/mol. The largest absolute Gasteiger partial charge is 0.398 e. The number of nitrogen functional groups attached to an aromatic ring is 1. The molecule has 0 aliphatic rings. The first-order valence-electron chi connectivity index (χ1n) is 5.24. The number of nitrogens with zero attached hydrogens (tertiary/aromatic N) is 2. The van der Waals surface area contributed by atoms with E-state index in [-0.39, 0.29) is 0 Å². The van der Waals surface area contributed by atoms with E-state index in [1.165, 1.54) is 0 Å². The number of halogens is 1. The van der Waals surface area contributed by atoms with Gasteiger partial charge in [-0.15, -0.1) is 0 Å². The van der Waals surface area contributed by atoms with Crippen LogP contribution in [0.15, 0.2) is 53.3 Å². The number of para-hydroxylation sites is 1. The highest BCUT2D eigenvalue weighted by molar-refractivity contribution is 9.10. The van der Waals surface area contributed by atoms with Crippen molar-refractivity contribution in [2.45, 2.75) is 0 Å². The van der Waals surface area contributed by atoms with E-state index in [2.05, 4.69) is 20.9 Å². The third-order valence-corrected chi connectivity index (χ3v) is 3.39. The molecular weight excluding hydrogens is 278 g/mol. The summed E-state index contributed by atoms with van der Waals surface area (Å²) in [4.78, 5) is 4.44. The molecule has 0 atom stereocenters. The van der Waals surface area contributed by atoms with Gasteiger partial charge in [0.25, 0.3) is 0 Å². The normalized spacial score (nSPS) is 10.9. The fourth-order valence-electron chi connectivity index (χ4n) is 1.89. The molecule has 4 heteroatoms. The van der Waals surface area contributed by atoms with E-state index in [1.54, 1.807) is 0 Å². The van der Waals surface area contributed by atoms with Crippen molar-refractivity contribution >= 4 is 27.1 Å². The molecule has 0 unspecified atom stereocenters. The molecule has 0 aliphatic carbocycles. The van der Waals surface area contributed by atoms with Gasteiger partial charge in [0.05, 0.1) is 11.7 Å². The van der Waals surface area contributed by atoms with Gasteiger partial charge in [0.2, 0.25) is 0 Å². The topological polar surface area (TPSA) is 43.3 Å². The first-order valence-corrected chi connectivity index (χ1v) is 6.03. The van der Waals surface area contributed by atoms with Gasteiger partial charge in [-0.1, -0.05) is 12.1 Å². The zero-order chi connectivity index (χ0) is 11.8. The van der Waals surface area contributed by atoms with E-state index < -0.39 is 0 Å². The van der Waals surface area contributed by atoms with E-state index in [4.69, 9.17) is 5.73 Å². The molecule has 3 rings (SSSR count). The van der Waals surface area contributed by atoms with Crippen LogP contribution in [0.5, 0.6) is 0 Å². The van der Waals surface area contributed by atoms with Gasteiger partial charge in [0.1, 0.15) is 5.82 Å². The molecule has 0 fully saturated rings. The summed E-state index contributed by atoms with van der Waals surface area (Å²) in [6.45, 7) is 0. The lowest BCUT2D eigenvalue weighted by atomic mass is 10.2. The van der Waals surface area contributed by atoms with Crippen molar-refractivity contribution < 1.29 is 0 Å². The zero-order valence-electron chi connectivity index (χ0n) is 8.97. The molecule has 2 heterocycles. The molecule has 1 aromatic carbocycles. The fraction of sp³-hybridized carbons (Fsp3) is 0. The lowest BCUT2D eigenvalue weighted by molar-refractivity contribution is 1.16. The van der Waals surface area contributed by atoms with Crippen LogP contribution < -0.4 is 5.73 Å². The quantitative estimate of drug-likeness (QED) is 0.698. The second-order valence-electron chi connectivity index (χ2n) is 3.78. The minimum Gasteiger partial charge on any atom is -0.398 e. The number of imidazole rings is 1. The molecular formula is C13H10BrN3. The average Bonchev–Trinajstić information content (AvgIpc) is 2.75. The van der Waals surface area contributed by atoms with Gasteiger partial charge in [-0.05, 0) is 40.2 Å². The smallest absolute Gasteiger partial charge is 0.146 e. The van der Waals surface area contributed by atoms with Crippen LogP contribution in [0.2, 0.25) is 0 Å². The van der Waals surface area contributed by atoms with E-state index >= 15 is 0 Å². The SMILES string of the molecule is Nc1ccccc1-c1ncc2c(Br)cccn12. The Kier molecular flexibility index (Phi) is 2.37. The van der Waals surface area contributed by atoms with Gasteiger partial charge in [-0.25, -0.2) is 4.98 Å². The van der Waals surface area contributed by atoms with E-state index in [0.29, 0.717) is 0 Å². The van der Waals surface area contributed by atoms with E-state index in [0.717, 1.165) is 27.1 Å². The molecule has 2 aromatic heterocycles. The van der Waals surface area contributed by atoms with Crippen LogP contribution in [0, 0.1) is 0 Å². The van der Waals surface area contributed by atoms with E-state index in [1.807, 2.05) is 53.2 Å². The molecule has 3 aromatic rings. The molecule has 0 radical (unpaired) electrons. The minimum absolute atomic E-state index is 0.736. The van der Waals surface area contributed by atoms with Crippen molar-refractivity contribution in [2.24, 2.45) is 0 Å².